The fourth-order valence-electron chi connectivity index (χ4n) is 1.48. The molecular formula is C11H19N3O2S. The van der Waals surface area contributed by atoms with Crippen molar-refractivity contribution < 1.29 is 8.42 Å². The number of anilines is 1. The average Bonchev–Trinajstić information content (AvgIpc) is 2.29. The maximum Gasteiger partial charge on any atom is 0.240 e. The number of nitrogens with zero attached hydrogens (tertiary/aromatic N) is 1. The topological polar surface area (TPSA) is 75.4 Å². The number of nitrogens with one attached hydrogen (secondary N) is 1. The zero-order valence-corrected chi connectivity index (χ0v) is 11.0. The van der Waals surface area contributed by atoms with Gasteiger partial charge in [0.05, 0.1) is 4.90 Å². The molecular weight excluding hydrogens is 238 g/mol. The van der Waals surface area contributed by atoms with Crippen LogP contribution in [0, 0.1) is 0 Å². The third-order valence-corrected chi connectivity index (χ3v) is 3.95. The van der Waals surface area contributed by atoms with E-state index in [1.54, 1.807) is 31.2 Å². The number of hydrogen-bond donors (Lipinski definition) is 2. The summed E-state index contributed by atoms with van der Waals surface area (Å²) in [4.78, 5) is 2.26. The lowest BCUT2D eigenvalue weighted by Crippen LogP contribution is -2.25. The predicted molar refractivity (Wildman–Crippen MR) is 69.6 cm³/mol. The molecule has 0 aromatic heterocycles. The second kappa shape index (κ2) is 6.00. The van der Waals surface area contributed by atoms with Gasteiger partial charge in [0.15, 0.2) is 0 Å². The first-order valence-electron chi connectivity index (χ1n) is 5.52. The molecule has 6 heteroatoms. The Morgan fingerprint density at radius 2 is 1.88 bits per heavy atom. The molecule has 0 radical (unpaired) electrons. The second-order valence-electron chi connectivity index (χ2n) is 3.71. The maximum atomic E-state index is 11.7. The van der Waals surface area contributed by atoms with Crippen LogP contribution in [-0.4, -0.2) is 35.1 Å². The monoisotopic (exact) mass is 257 g/mol. The molecule has 0 bridgehead atoms. The molecule has 0 aliphatic heterocycles. The molecule has 5 nitrogen and oxygen atoms in total. The van der Waals surface area contributed by atoms with E-state index < -0.39 is 10.0 Å². The molecule has 3 N–H and O–H groups in total. The highest BCUT2D eigenvalue weighted by atomic mass is 32.2. The third kappa shape index (κ3) is 3.69. The van der Waals surface area contributed by atoms with Crippen LogP contribution in [0.25, 0.3) is 0 Å². The van der Waals surface area contributed by atoms with Crippen LogP contribution >= 0.6 is 0 Å². The van der Waals surface area contributed by atoms with Crippen molar-refractivity contribution in [1.29, 1.82) is 0 Å². The van der Waals surface area contributed by atoms with Crippen LogP contribution in [-0.2, 0) is 10.0 Å². The molecule has 1 aromatic carbocycles. The smallest absolute Gasteiger partial charge is 0.240 e. The first-order valence-corrected chi connectivity index (χ1v) is 7.00. The van der Waals surface area contributed by atoms with Crippen molar-refractivity contribution in [3.8, 4) is 0 Å². The highest BCUT2D eigenvalue weighted by Gasteiger charge is 2.12. The van der Waals surface area contributed by atoms with Crippen molar-refractivity contribution in [3.63, 3.8) is 0 Å². The van der Waals surface area contributed by atoms with Crippen LogP contribution in [0.3, 0.4) is 0 Å². The minimum atomic E-state index is -3.36. The summed E-state index contributed by atoms with van der Waals surface area (Å²) >= 11 is 0. The summed E-state index contributed by atoms with van der Waals surface area (Å²) < 4.78 is 25.8. The van der Waals surface area contributed by atoms with E-state index in [0.717, 1.165) is 12.2 Å². The van der Waals surface area contributed by atoms with Gasteiger partial charge in [0.2, 0.25) is 10.0 Å². The Kier molecular flexibility index (Phi) is 4.92. The van der Waals surface area contributed by atoms with E-state index in [2.05, 4.69) is 4.72 Å². The first-order chi connectivity index (χ1) is 8.01. The Bertz CT molecular complexity index is 442. The lowest BCUT2D eigenvalue weighted by atomic mass is 10.3. The van der Waals surface area contributed by atoms with Crippen LogP contribution in [0.5, 0.6) is 0 Å². The summed E-state index contributed by atoms with van der Waals surface area (Å²) in [5, 5.41) is 0. The molecule has 0 fully saturated rings. The van der Waals surface area contributed by atoms with Crippen LogP contribution in [0.1, 0.15) is 6.92 Å². The number of likely N-dealkylation sites (N-methyl/N-ethyl adjacent to an activating group) is 1. The summed E-state index contributed by atoms with van der Waals surface area (Å²) in [6, 6.07) is 6.75. The summed E-state index contributed by atoms with van der Waals surface area (Å²) in [7, 11) is -1.44. The van der Waals surface area contributed by atoms with Gasteiger partial charge >= 0.3 is 0 Å². The largest absolute Gasteiger partial charge is 0.373 e. The molecule has 0 heterocycles. The Balaban J connectivity index is 2.88. The highest BCUT2D eigenvalue weighted by molar-refractivity contribution is 7.89. The predicted octanol–water partition coefficient (Wildman–Crippen LogP) is 0.380. The molecule has 1 rings (SSSR count). The number of rotatable bonds is 6. The molecule has 0 saturated carbocycles. The van der Waals surface area contributed by atoms with Crippen LogP contribution in [0.15, 0.2) is 29.2 Å². The van der Waals surface area contributed by atoms with Gasteiger partial charge in [-0.15, -0.1) is 0 Å². The fraction of sp³-hybridized carbons (Fsp3) is 0.455. The standard InChI is InChI=1S/C11H19N3O2S/c1-3-13-17(15,16)11-6-4-10(5-7-11)14(2)9-8-12/h4-7,13H,3,8-9,12H2,1-2H3. The van der Waals surface area contributed by atoms with Gasteiger partial charge in [-0.3, -0.25) is 0 Å². The molecule has 0 aliphatic carbocycles. The Hall–Kier alpha value is -1.11. The van der Waals surface area contributed by atoms with Crippen LogP contribution in [0.4, 0.5) is 5.69 Å². The molecule has 17 heavy (non-hydrogen) atoms. The Morgan fingerprint density at radius 3 is 2.35 bits per heavy atom. The van der Waals surface area contributed by atoms with E-state index in [-0.39, 0.29) is 4.90 Å². The van der Waals surface area contributed by atoms with Crippen molar-refractivity contribution in [2.75, 3.05) is 31.6 Å². The molecule has 0 saturated heterocycles. The van der Waals surface area contributed by atoms with E-state index in [9.17, 15) is 8.42 Å². The van der Waals surface area contributed by atoms with Crippen molar-refractivity contribution >= 4 is 15.7 Å². The van der Waals surface area contributed by atoms with Gasteiger partial charge in [-0.1, -0.05) is 6.92 Å². The molecule has 0 spiro atoms. The average molecular weight is 257 g/mol. The van der Waals surface area contributed by atoms with Gasteiger partial charge in [0, 0.05) is 32.4 Å². The van der Waals surface area contributed by atoms with Gasteiger partial charge in [-0.05, 0) is 24.3 Å². The normalized spacial score (nSPS) is 11.5. The Morgan fingerprint density at radius 1 is 1.29 bits per heavy atom. The lowest BCUT2D eigenvalue weighted by molar-refractivity contribution is 0.584. The summed E-state index contributed by atoms with van der Waals surface area (Å²) in [6.45, 7) is 3.44. The van der Waals surface area contributed by atoms with Gasteiger partial charge in [-0.2, -0.15) is 0 Å². The molecule has 0 aliphatic rings. The second-order valence-corrected chi connectivity index (χ2v) is 5.47. The summed E-state index contributed by atoms with van der Waals surface area (Å²) in [5.41, 5.74) is 6.41. The summed E-state index contributed by atoms with van der Waals surface area (Å²) in [6.07, 6.45) is 0. The van der Waals surface area contributed by atoms with Crippen LogP contribution < -0.4 is 15.4 Å². The fourth-order valence-corrected chi connectivity index (χ4v) is 2.52. The van der Waals surface area contributed by atoms with Crippen molar-refractivity contribution in [1.82, 2.24) is 4.72 Å². The molecule has 1 aromatic rings. The van der Waals surface area contributed by atoms with E-state index in [4.69, 9.17) is 5.73 Å². The minimum absolute atomic E-state index is 0.282. The van der Waals surface area contributed by atoms with E-state index in [0.29, 0.717) is 13.1 Å². The number of benzene rings is 1. The van der Waals surface area contributed by atoms with Gasteiger partial charge < -0.3 is 10.6 Å². The van der Waals surface area contributed by atoms with Gasteiger partial charge in [0.1, 0.15) is 0 Å². The quantitative estimate of drug-likeness (QED) is 0.772. The maximum absolute atomic E-state index is 11.7. The highest BCUT2D eigenvalue weighted by Crippen LogP contribution is 2.16. The van der Waals surface area contributed by atoms with E-state index >= 15 is 0 Å². The first kappa shape index (κ1) is 14.0. The van der Waals surface area contributed by atoms with Gasteiger partial charge in [-0.25, -0.2) is 13.1 Å². The SMILES string of the molecule is CCNS(=O)(=O)c1ccc(N(C)CCN)cc1. The Labute approximate surface area is 103 Å². The zero-order chi connectivity index (χ0) is 12.9. The van der Waals surface area contributed by atoms with Gasteiger partial charge in [0.25, 0.3) is 0 Å². The van der Waals surface area contributed by atoms with Crippen molar-refractivity contribution in [2.24, 2.45) is 5.73 Å². The zero-order valence-electron chi connectivity index (χ0n) is 10.2. The van der Waals surface area contributed by atoms with Crippen molar-refractivity contribution in [2.45, 2.75) is 11.8 Å². The summed E-state index contributed by atoms with van der Waals surface area (Å²) in [5.74, 6) is 0. The molecule has 96 valence electrons. The van der Waals surface area contributed by atoms with Crippen LogP contribution in [0.2, 0.25) is 0 Å². The minimum Gasteiger partial charge on any atom is -0.373 e. The number of hydrogen-bond acceptors (Lipinski definition) is 4. The number of sulfonamides is 1. The molecule has 0 amide bonds. The molecule has 0 unspecified atom stereocenters. The lowest BCUT2D eigenvalue weighted by Gasteiger charge is -2.18. The third-order valence-electron chi connectivity index (χ3n) is 2.39. The van der Waals surface area contributed by atoms with Crippen molar-refractivity contribution in [3.05, 3.63) is 24.3 Å². The van der Waals surface area contributed by atoms with E-state index in [1.807, 2.05) is 11.9 Å². The van der Waals surface area contributed by atoms with E-state index in [1.165, 1.54) is 0 Å². The molecule has 0 atom stereocenters. The number of nitrogens with two attached hydrogens (primary N) is 1.